The van der Waals surface area contributed by atoms with Crippen molar-refractivity contribution in [2.45, 2.75) is 32.4 Å². The van der Waals surface area contributed by atoms with E-state index in [0.29, 0.717) is 21.6 Å². The number of rotatable bonds is 6. The summed E-state index contributed by atoms with van der Waals surface area (Å²) in [6, 6.07) is 3.38. The SMILES string of the molecule is CC(NCC(C)(C)NS(C)(=O)=O)c1ccc(Cl)c(Cl)c1Cl. The molecule has 1 aromatic rings. The van der Waals surface area contributed by atoms with Crippen LogP contribution in [0.3, 0.4) is 0 Å². The van der Waals surface area contributed by atoms with Crippen LogP contribution in [-0.4, -0.2) is 26.8 Å². The Kier molecular flexibility index (Phi) is 6.36. The molecule has 2 N–H and O–H groups in total. The molecule has 1 unspecified atom stereocenters. The lowest BCUT2D eigenvalue weighted by Gasteiger charge is -2.28. The van der Waals surface area contributed by atoms with Crippen molar-refractivity contribution >= 4 is 44.8 Å². The molecule has 0 fully saturated rings. The summed E-state index contributed by atoms with van der Waals surface area (Å²) < 4.78 is 25.2. The molecule has 0 radical (unpaired) electrons. The van der Waals surface area contributed by atoms with Gasteiger partial charge in [-0.2, -0.15) is 0 Å². The maximum absolute atomic E-state index is 11.3. The zero-order valence-electron chi connectivity index (χ0n) is 12.3. The quantitative estimate of drug-likeness (QED) is 0.749. The molecule has 4 nitrogen and oxygen atoms in total. The highest BCUT2D eigenvalue weighted by molar-refractivity contribution is 7.88. The molecule has 0 saturated carbocycles. The molecule has 0 amide bonds. The van der Waals surface area contributed by atoms with Crippen LogP contribution in [-0.2, 0) is 10.0 Å². The van der Waals surface area contributed by atoms with Gasteiger partial charge in [-0.05, 0) is 32.4 Å². The molecule has 0 aromatic heterocycles. The first-order valence-electron chi connectivity index (χ1n) is 6.29. The first kappa shape index (κ1) is 19.0. The maximum atomic E-state index is 11.3. The molecule has 0 spiro atoms. The van der Waals surface area contributed by atoms with Crippen molar-refractivity contribution in [3.63, 3.8) is 0 Å². The molecule has 1 rings (SSSR count). The van der Waals surface area contributed by atoms with Crippen LogP contribution < -0.4 is 10.0 Å². The summed E-state index contributed by atoms with van der Waals surface area (Å²) in [5, 5.41) is 4.35. The van der Waals surface area contributed by atoms with Crippen molar-refractivity contribution < 1.29 is 8.42 Å². The second-order valence-corrected chi connectivity index (χ2v) is 8.54. The van der Waals surface area contributed by atoms with Gasteiger partial charge in [-0.3, -0.25) is 0 Å². The van der Waals surface area contributed by atoms with E-state index in [1.54, 1.807) is 26.0 Å². The Bertz CT molecular complexity index is 618. The molecule has 0 aliphatic rings. The van der Waals surface area contributed by atoms with E-state index in [2.05, 4.69) is 10.0 Å². The van der Waals surface area contributed by atoms with Gasteiger partial charge in [-0.1, -0.05) is 40.9 Å². The van der Waals surface area contributed by atoms with Crippen LogP contribution in [0.4, 0.5) is 0 Å². The van der Waals surface area contributed by atoms with E-state index < -0.39 is 15.6 Å². The van der Waals surface area contributed by atoms with Crippen LogP contribution in [0, 0.1) is 0 Å². The Hall–Kier alpha value is -0.0400. The lowest BCUT2D eigenvalue weighted by atomic mass is 10.0. The van der Waals surface area contributed by atoms with E-state index in [9.17, 15) is 8.42 Å². The summed E-state index contributed by atoms with van der Waals surface area (Å²) in [5.74, 6) is 0. The van der Waals surface area contributed by atoms with Crippen LogP contribution >= 0.6 is 34.8 Å². The van der Waals surface area contributed by atoms with Crippen LogP contribution in [0.15, 0.2) is 12.1 Å². The predicted molar refractivity (Wildman–Crippen MR) is 89.9 cm³/mol. The summed E-state index contributed by atoms with van der Waals surface area (Å²) >= 11 is 18.1. The Balaban J connectivity index is 2.79. The monoisotopic (exact) mass is 372 g/mol. The van der Waals surface area contributed by atoms with Gasteiger partial charge in [0.1, 0.15) is 0 Å². The van der Waals surface area contributed by atoms with Gasteiger partial charge in [0, 0.05) is 18.1 Å². The Morgan fingerprint density at radius 3 is 2.29 bits per heavy atom. The minimum absolute atomic E-state index is 0.104. The maximum Gasteiger partial charge on any atom is 0.209 e. The minimum atomic E-state index is -3.27. The molecular weight excluding hydrogens is 355 g/mol. The molecule has 0 heterocycles. The first-order chi connectivity index (χ1) is 9.43. The normalized spacial score (nSPS) is 14.2. The average molecular weight is 374 g/mol. The largest absolute Gasteiger partial charge is 0.308 e. The summed E-state index contributed by atoms with van der Waals surface area (Å²) in [4.78, 5) is 0. The van der Waals surface area contributed by atoms with Crippen molar-refractivity contribution in [1.82, 2.24) is 10.0 Å². The molecule has 8 heteroatoms. The fourth-order valence-corrected chi connectivity index (χ4v) is 3.71. The van der Waals surface area contributed by atoms with E-state index in [-0.39, 0.29) is 6.04 Å². The number of hydrogen-bond donors (Lipinski definition) is 2. The molecule has 0 bridgehead atoms. The Morgan fingerprint density at radius 1 is 1.19 bits per heavy atom. The third-order valence-electron chi connectivity index (χ3n) is 2.84. The molecule has 21 heavy (non-hydrogen) atoms. The van der Waals surface area contributed by atoms with Gasteiger partial charge in [0.25, 0.3) is 0 Å². The van der Waals surface area contributed by atoms with Gasteiger partial charge in [0.05, 0.1) is 21.3 Å². The number of nitrogens with one attached hydrogen (secondary N) is 2. The fourth-order valence-electron chi connectivity index (χ4n) is 1.93. The Morgan fingerprint density at radius 2 is 1.76 bits per heavy atom. The number of sulfonamides is 1. The van der Waals surface area contributed by atoms with Gasteiger partial charge in [0.15, 0.2) is 0 Å². The van der Waals surface area contributed by atoms with Crippen molar-refractivity contribution in [3.8, 4) is 0 Å². The standard InChI is InChI=1S/C13H19Cl3N2O2S/c1-8(9-5-6-10(14)12(16)11(9)15)17-7-13(2,3)18-21(4,19)20/h5-6,8,17-18H,7H2,1-4H3. The molecule has 0 aliphatic heterocycles. The van der Waals surface area contributed by atoms with Crippen molar-refractivity contribution in [1.29, 1.82) is 0 Å². The minimum Gasteiger partial charge on any atom is -0.308 e. The van der Waals surface area contributed by atoms with Crippen molar-refractivity contribution in [2.75, 3.05) is 12.8 Å². The summed E-state index contributed by atoms with van der Waals surface area (Å²) in [5.41, 5.74) is 0.186. The van der Waals surface area contributed by atoms with Gasteiger partial charge in [-0.25, -0.2) is 13.1 Å². The second kappa shape index (κ2) is 7.02. The van der Waals surface area contributed by atoms with Crippen molar-refractivity contribution in [2.24, 2.45) is 0 Å². The lowest BCUT2D eigenvalue weighted by Crippen LogP contribution is -2.50. The third-order valence-corrected chi connectivity index (χ3v) is 5.08. The van der Waals surface area contributed by atoms with E-state index in [1.165, 1.54) is 0 Å². The van der Waals surface area contributed by atoms with Crippen LogP contribution in [0.5, 0.6) is 0 Å². The Labute approximate surface area is 141 Å². The third kappa shape index (κ3) is 5.93. The highest BCUT2D eigenvalue weighted by Crippen LogP contribution is 2.35. The van der Waals surface area contributed by atoms with E-state index in [4.69, 9.17) is 34.8 Å². The molecular formula is C13H19Cl3N2O2S. The van der Waals surface area contributed by atoms with Crippen LogP contribution in [0.1, 0.15) is 32.4 Å². The zero-order valence-corrected chi connectivity index (χ0v) is 15.4. The van der Waals surface area contributed by atoms with E-state index in [1.807, 2.05) is 6.92 Å². The second-order valence-electron chi connectivity index (χ2n) is 5.63. The van der Waals surface area contributed by atoms with E-state index in [0.717, 1.165) is 11.8 Å². The summed E-state index contributed by atoms with van der Waals surface area (Å²) in [6.07, 6.45) is 1.13. The molecule has 1 atom stereocenters. The van der Waals surface area contributed by atoms with Crippen LogP contribution in [0.25, 0.3) is 0 Å². The molecule has 120 valence electrons. The smallest absolute Gasteiger partial charge is 0.209 e. The number of hydrogen-bond acceptors (Lipinski definition) is 3. The summed E-state index contributed by atoms with van der Waals surface area (Å²) in [7, 11) is -3.27. The van der Waals surface area contributed by atoms with Gasteiger partial charge >= 0.3 is 0 Å². The molecule has 0 aliphatic carbocycles. The van der Waals surface area contributed by atoms with E-state index >= 15 is 0 Å². The molecule has 1 aromatic carbocycles. The summed E-state index contributed by atoms with van der Waals surface area (Å²) in [6.45, 7) is 5.94. The van der Waals surface area contributed by atoms with Gasteiger partial charge in [-0.15, -0.1) is 0 Å². The van der Waals surface area contributed by atoms with Crippen LogP contribution in [0.2, 0.25) is 15.1 Å². The average Bonchev–Trinajstić information content (AvgIpc) is 2.30. The number of benzene rings is 1. The van der Waals surface area contributed by atoms with Gasteiger partial charge < -0.3 is 5.32 Å². The fraction of sp³-hybridized carbons (Fsp3) is 0.538. The lowest BCUT2D eigenvalue weighted by molar-refractivity contribution is 0.399. The van der Waals surface area contributed by atoms with Gasteiger partial charge in [0.2, 0.25) is 10.0 Å². The predicted octanol–water partition coefficient (Wildman–Crippen LogP) is 3.63. The molecule has 0 saturated heterocycles. The highest BCUT2D eigenvalue weighted by atomic mass is 35.5. The first-order valence-corrected chi connectivity index (χ1v) is 9.31. The highest BCUT2D eigenvalue weighted by Gasteiger charge is 2.23. The number of halogens is 3. The zero-order chi connectivity index (χ0) is 16.4. The van der Waals surface area contributed by atoms with Crippen molar-refractivity contribution in [3.05, 3.63) is 32.8 Å². The topological polar surface area (TPSA) is 58.2 Å².